The van der Waals surface area contributed by atoms with Crippen molar-refractivity contribution in [3.8, 4) is 16.9 Å². The van der Waals surface area contributed by atoms with E-state index in [0.717, 1.165) is 16.7 Å². The smallest absolute Gasteiger partial charge is 0.270 e. The van der Waals surface area contributed by atoms with Crippen LogP contribution >= 0.6 is 0 Å². The number of H-pyrrole nitrogens is 1. The molecule has 0 aliphatic carbocycles. The second-order valence-electron chi connectivity index (χ2n) is 10.1. The minimum absolute atomic E-state index is 0.0317. The highest BCUT2D eigenvalue weighted by atomic mass is 19.1. The maximum Gasteiger partial charge on any atom is 0.270 e. The van der Waals surface area contributed by atoms with Gasteiger partial charge in [0.15, 0.2) is 5.82 Å². The number of hydrogen-bond donors (Lipinski definition) is 1. The van der Waals surface area contributed by atoms with Crippen LogP contribution in [-0.2, 0) is 16.1 Å². The van der Waals surface area contributed by atoms with E-state index < -0.39 is 5.82 Å². The standard InChI is InChI=1S/C30H31FN6O4/c1-40-26-7-3-2-6-21(26)23-17-22(20-5-4-10-36(19-20)27(38)8-11-37-12-9-32-34-37)28(31)29-24(23)18-25(33-29)30(39)35-13-15-41-16-14-35/h2-3,5-7,9,12,17-18,33H,4,8,10-11,13-16,19H2,1H3. The second-order valence-corrected chi connectivity index (χ2v) is 10.1. The first-order valence-electron chi connectivity index (χ1n) is 13.7. The lowest BCUT2D eigenvalue weighted by atomic mass is 9.93. The van der Waals surface area contributed by atoms with E-state index in [2.05, 4.69) is 15.3 Å². The molecule has 212 valence electrons. The summed E-state index contributed by atoms with van der Waals surface area (Å²) < 4.78 is 29.0. The molecule has 0 bridgehead atoms. The van der Waals surface area contributed by atoms with E-state index >= 15 is 4.39 Å². The van der Waals surface area contributed by atoms with Gasteiger partial charge in [0.25, 0.3) is 5.91 Å². The molecule has 2 amide bonds. The molecule has 41 heavy (non-hydrogen) atoms. The third-order valence-corrected chi connectivity index (χ3v) is 7.65. The van der Waals surface area contributed by atoms with Crippen LogP contribution in [0.5, 0.6) is 5.75 Å². The summed E-state index contributed by atoms with van der Waals surface area (Å²) in [6.45, 7) is 3.17. The zero-order valence-corrected chi connectivity index (χ0v) is 22.8. The summed E-state index contributed by atoms with van der Waals surface area (Å²) in [6.07, 6.45) is 6.16. The minimum Gasteiger partial charge on any atom is -0.496 e. The number of nitrogens with zero attached hydrogens (tertiary/aromatic N) is 5. The number of aromatic amines is 1. The number of carbonyl (C=O) groups is 2. The quantitative estimate of drug-likeness (QED) is 0.371. The summed E-state index contributed by atoms with van der Waals surface area (Å²) in [5, 5.41) is 8.29. The minimum atomic E-state index is -0.456. The number of hydrogen-bond acceptors (Lipinski definition) is 6. The van der Waals surface area contributed by atoms with Gasteiger partial charge in [-0.1, -0.05) is 29.5 Å². The van der Waals surface area contributed by atoms with E-state index in [1.165, 1.54) is 0 Å². The first kappa shape index (κ1) is 26.7. The van der Waals surface area contributed by atoms with Gasteiger partial charge in [-0.05, 0) is 35.8 Å². The van der Waals surface area contributed by atoms with Gasteiger partial charge in [-0.25, -0.2) is 4.39 Å². The fourth-order valence-corrected chi connectivity index (χ4v) is 5.51. The highest BCUT2D eigenvalue weighted by Gasteiger charge is 2.27. The molecule has 2 aromatic heterocycles. The molecule has 0 saturated carbocycles. The van der Waals surface area contributed by atoms with E-state index in [-0.39, 0.29) is 30.3 Å². The predicted molar refractivity (Wildman–Crippen MR) is 151 cm³/mol. The zero-order chi connectivity index (χ0) is 28.3. The first-order chi connectivity index (χ1) is 20.0. The number of ether oxygens (including phenoxy) is 2. The Labute approximate surface area is 236 Å². The SMILES string of the molecule is COc1ccccc1-c1cc(C2=CCCN(C(=O)CCn3ccnn3)C2)c(F)c2[nH]c(C(=O)N3CCOCC3)cc12. The average Bonchev–Trinajstić information content (AvgIpc) is 3.71. The van der Waals surface area contributed by atoms with Crippen molar-refractivity contribution in [1.29, 1.82) is 0 Å². The van der Waals surface area contributed by atoms with Crippen LogP contribution in [0.4, 0.5) is 4.39 Å². The molecule has 0 spiro atoms. The number of aryl methyl sites for hydroxylation is 1. The number of rotatable bonds is 7. The molecule has 1 saturated heterocycles. The topological polar surface area (TPSA) is 106 Å². The number of nitrogens with one attached hydrogen (secondary N) is 1. The van der Waals surface area contributed by atoms with E-state index in [1.54, 1.807) is 40.1 Å². The molecule has 1 fully saturated rings. The van der Waals surface area contributed by atoms with Crippen LogP contribution in [0.3, 0.4) is 0 Å². The van der Waals surface area contributed by atoms with Crippen LogP contribution in [0.2, 0.25) is 0 Å². The van der Waals surface area contributed by atoms with Crippen molar-refractivity contribution in [2.24, 2.45) is 0 Å². The number of methoxy groups -OCH3 is 1. The molecule has 1 N–H and O–H groups in total. The number of carbonyl (C=O) groups excluding carboxylic acids is 2. The van der Waals surface area contributed by atoms with Gasteiger partial charge in [0.1, 0.15) is 11.4 Å². The molecule has 11 heteroatoms. The predicted octanol–water partition coefficient (Wildman–Crippen LogP) is 3.75. The number of benzene rings is 2. The van der Waals surface area contributed by atoms with Gasteiger partial charge >= 0.3 is 0 Å². The van der Waals surface area contributed by atoms with Gasteiger partial charge < -0.3 is 24.3 Å². The van der Waals surface area contributed by atoms with Gasteiger partial charge in [0.2, 0.25) is 5.91 Å². The molecule has 4 heterocycles. The lowest BCUT2D eigenvalue weighted by molar-refractivity contribution is -0.131. The summed E-state index contributed by atoms with van der Waals surface area (Å²) >= 11 is 0. The Morgan fingerprint density at radius 1 is 1.07 bits per heavy atom. The third-order valence-electron chi connectivity index (χ3n) is 7.65. The van der Waals surface area contributed by atoms with Gasteiger partial charge in [-0.2, -0.15) is 0 Å². The highest BCUT2D eigenvalue weighted by Crippen LogP contribution is 2.40. The molecule has 0 unspecified atom stereocenters. The Bertz CT molecular complexity index is 1610. The molecule has 2 aliphatic heterocycles. The Morgan fingerprint density at radius 3 is 2.68 bits per heavy atom. The van der Waals surface area contributed by atoms with E-state index in [4.69, 9.17) is 9.47 Å². The van der Waals surface area contributed by atoms with Crippen LogP contribution in [-0.4, -0.2) is 88.1 Å². The fourth-order valence-electron chi connectivity index (χ4n) is 5.51. The number of aromatic nitrogens is 4. The second kappa shape index (κ2) is 11.5. The number of morpholine rings is 1. The summed E-state index contributed by atoms with van der Waals surface area (Å²) in [6, 6.07) is 11.1. The Hall–Kier alpha value is -4.51. The van der Waals surface area contributed by atoms with Crippen LogP contribution < -0.4 is 4.74 Å². The normalized spacial score (nSPS) is 15.7. The van der Waals surface area contributed by atoms with Gasteiger partial charge in [0.05, 0.1) is 38.6 Å². The summed E-state index contributed by atoms with van der Waals surface area (Å²) in [5.41, 5.74) is 3.19. The molecule has 0 radical (unpaired) electrons. The van der Waals surface area contributed by atoms with Crippen molar-refractivity contribution in [1.82, 2.24) is 29.8 Å². The van der Waals surface area contributed by atoms with Crippen molar-refractivity contribution >= 4 is 28.3 Å². The molecule has 2 aliphatic rings. The largest absolute Gasteiger partial charge is 0.496 e. The average molecular weight is 559 g/mol. The van der Waals surface area contributed by atoms with Crippen LogP contribution in [0.15, 0.2) is 54.9 Å². The van der Waals surface area contributed by atoms with E-state index in [9.17, 15) is 9.59 Å². The molecular formula is C30H31FN6O4. The Kier molecular flexibility index (Phi) is 7.51. The van der Waals surface area contributed by atoms with Gasteiger partial charge in [-0.15, -0.1) is 5.10 Å². The lowest BCUT2D eigenvalue weighted by Crippen LogP contribution is -2.40. The van der Waals surface area contributed by atoms with Crippen LogP contribution in [0.1, 0.15) is 28.9 Å². The van der Waals surface area contributed by atoms with Gasteiger partial charge in [-0.3, -0.25) is 14.3 Å². The molecular weight excluding hydrogens is 527 g/mol. The first-order valence-corrected chi connectivity index (χ1v) is 13.7. The van der Waals surface area contributed by atoms with Crippen LogP contribution in [0, 0.1) is 5.82 Å². The summed E-state index contributed by atoms with van der Waals surface area (Å²) in [4.78, 5) is 32.9. The fraction of sp³-hybridized carbons (Fsp3) is 0.333. The molecule has 4 aromatic rings. The number of amides is 2. The van der Waals surface area contributed by atoms with Crippen molar-refractivity contribution in [2.45, 2.75) is 19.4 Å². The molecule has 10 nitrogen and oxygen atoms in total. The lowest BCUT2D eigenvalue weighted by Gasteiger charge is -2.28. The van der Waals surface area contributed by atoms with Crippen molar-refractivity contribution in [2.75, 3.05) is 46.5 Å². The maximum absolute atomic E-state index is 16.3. The summed E-state index contributed by atoms with van der Waals surface area (Å²) in [5.74, 6) is -0.0488. The Morgan fingerprint density at radius 2 is 1.90 bits per heavy atom. The number of para-hydroxylation sites is 1. The maximum atomic E-state index is 16.3. The number of halogens is 1. The van der Waals surface area contributed by atoms with Gasteiger partial charge in [0, 0.05) is 55.3 Å². The van der Waals surface area contributed by atoms with Crippen LogP contribution in [0.25, 0.3) is 27.6 Å². The third kappa shape index (κ3) is 5.32. The van der Waals surface area contributed by atoms with Crippen molar-refractivity contribution in [3.05, 3.63) is 71.9 Å². The van der Waals surface area contributed by atoms with E-state index in [1.807, 2.05) is 36.4 Å². The Balaban J connectivity index is 1.38. The highest BCUT2D eigenvalue weighted by molar-refractivity contribution is 6.05. The molecule has 0 atom stereocenters. The zero-order valence-electron chi connectivity index (χ0n) is 22.8. The summed E-state index contributed by atoms with van der Waals surface area (Å²) in [7, 11) is 1.59. The van der Waals surface area contributed by atoms with E-state index in [0.29, 0.717) is 68.2 Å². The molecule has 6 rings (SSSR count). The molecule has 2 aromatic carbocycles. The number of fused-ring (bicyclic) bond motifs is 1. The van der Waals surface area contributed by atoms with Crippen molar-refractivity contribution in [3.63, 3.8) is 0 Å². The monoisotopic (exact) mass is 558 g/mol. The van der Waals surface area contributed by atoms with Crippen molar-refractivity contribution < 1.29 is 23.5 Å².